The van der Waals surface area contributed by atoms with Crippen molar-refractivity contribution in [3.05, 3.63) is 66.5 Å². The van der Waals surface area contributed by atoms with Crippen LogP contribution in [0.1, 0.15) is 5.56 Å². The molecule has 1 heterocycles. The minimum Gasteiger partial charge on any atom is -0.257 e. The lowest BCUT2D eigenvalue weighted by Crippen LogP contribution is -1.85. The average Bonchev–Trinajstić information content (AvgIpc) is 2.81. The van der Waals surface area contributed by atoms with E-state index in [1.54, 1.807) is 6.33 Å². The summed E-state index contributed by atoms with van der Waals surface area (Å²) in [6.07, 6.45) is 1.75. The first-order valence-electron chi connectivity index (χ1n) is 5.43. The fourth-order valence-electron chi connectivity index (χ4n) is 1.69. The number of imidazole rings is 1. The van der Waals surface area contributed by atoms with Crippen LogP contribution in [0.15, 0.2) is 60.9 Å². The Labute approximate surface area is 99.5 Å². The Hall–Kier alpha value is -2.53. The van der Waals surface area contributed by atoms with E-state index in [4.69, 9.17) is 0 Å². The summed E-state index contributed by atoms with van der Waals surface area (Å²) >= 11 is 0. The van der Waals surface area contributed by atoms with E-state index >= 15 is 0 Å². The summed E-state index contributed by atoms with van der Waals surface area (Å²) < 4.78 is 1.85. The Kier molecular flexibility index (Phi) is 2.36. The highest BCUT2D eigenvalue weighted by Crippen LogP contribution is 2.10. The van der Waals surface area contributed by atoms with Crippen molar-refractivity contribution in [3.63, 3.8) is 0 Å². The van der Waals surface area contributed by atoms with Gasteiger partial charge in [0.15, 0.2) is 0 Å². The number of para-hydroxylation sites is 2. The molecule has 17 heavy (non-hydrogen) atoms. The maximum absolute atomic E-state index is 4.29. The van der Waals surface area contributed by atoms with Gasteiger partial charge in [-0.2, -0.15) is 0 Å². The van der Waals surface area contributed by atoms with E-state index < -0.39 is 0 Å². The summed E-state index contributed by atoms with van der Waals surface area (Å²) in [6, 6.07) is 21.0. The quantitative estimate of drug-likeness (QED) is 0.530. The number of rotatable bonds is 0. The molecule has 0 aliphatic carbocycles. The van der Waals surface area contributed by atoms with Crippen molar-refractivity contribution in [2.24, 2.45) is 0 Å². The van der Waals surface area contributed by atoms with Crippen LogP contribution in [0.3, 0.4) is 0 Å². The average molecular weight is 218 g/mol. The van der Waals surface area contributed by atoms with Gasteiger partial charge in [-0.15, -0.1) is 0 Å². The molecule has 0 amide bonds. The van der Waals surface area contributed by atoms with Crippen molar-refractivity contribution in [1.29, 1.82) is 0 Å². The molecule has 0 aliphatic rings. The number of hydrogen-bond donors (Lipinski definition) is 0. The summed E-state index contributed by atoms with van der Waals surface area (Å²) in [5.41, 5.74) is 3.01. The summed E-state index contributed by atoms with van der Waals surface area (Å²) in [4.78, 5) is 4.29. The molecule has 2 heteroatoms. The van der Waals surface area contributed by atoms with Crippen LogP contribution in [0, 0.1) is 12.0 Å². The Balaban J connectivity index is 2.04. The van der Waals surface area contributed by atoms with Gasteiger partial charge in [-0.1, -0.05) is 30.3 Å². The molecular weight excluding hydrogens is 208 g/mol. The van der Waals surface area contributed by atoms with Crippen molar-refractivity contribution in [2.45, 2.75) is 0 Å². The second kappa shape index (κ2) is 4.15. The van der Waals surface area contributed by atoms with Gasteiger partial charge in [0.05, 0.1) is 11.0 Å². The van der Waals surface area contributed by atoms with Gasteiger partial charge in [-0.25, -0.2) is 4.98 Å². The van der Waals surface area contributed by atoms with E-state index in [1.807, 2.05) is 59.2 Å². The molecular formula is C15H10N2. The van der Waals surface area contributed by atoms with Crippen molar-refractivity contribution < 1.29 is 0 Å². The van der Waals surface area contributed by atoms with Crippen LogP contribution in [0.2, 0.25) is 0 Å². The smallest absolute Gasteiger partial charge is 0.108 e. The van der Waals surface area contributed by atoms with Gasteiger partial charge in [0, 0.05) is 11.6 Å². The van der Waals surface area contributed by atoms with E-state index in [2.05, 4.69) is 16.9 Å². The van der Waals surface area contributed by atoms with Crippen LogP contribution in [0.5, 0.6) is 0 Å². The molecule has 0 aliphatic heterocycles. The lowest BCUT2D eigenvalue weighted by atomic mass is 10.2. The van der Waals surface area contributed by atoms with Gasteiger partial charge in [0.1, 0.15) is 6.33 Å². The standard InChI is InChI=1S/C15H10N2/c1-2-6-13(7-3-1)10-11-17-12-16-14-8-4-5-9-15(14)17/h1-9,12H. The monoisotopic (exact) mass is 218 g/mol. The molecule has 3 rings (SSSR count). The second-order valence-corrected chi connectivity index (χ2v) is 3.71. The van der Waals surface area contributed by atoms with Crippen LogP contribution in [0.25, 0.3) is 11.0 Å². The van der Waals surface area contributed by atoms with Gasteiger partial charge in [-0.3, -0.25) is 4.57 Å². The zero-order valence-electron chi connectivity index (χ0n) is 9.17. The molecule has 0 saturated carbocycles. The number of aromatic nitrogens is 2. The Morgan fingerprint density at radius 3 is 2.53 bits per heavy atom. The van der Waals surface area contributed by atoms with E-state index in [1.165, 1.54) is 0 Å². The molecule has 2 aromatic carbocycles. The molecule has 0 N–H and O–H groups in total. The fraction of sp³-hybridized carbons (Fsp3) is 0. The van der Waals surface area contributed by atoms with E-state index in [0.29, 0.717) is 0 Å². The van der Waals surface area contributed by atoms with Crippen LogP contribution in [0.4, 0.5) is 0 Å². The largest absolute Gasteiger partial charge is 0.257 e. The van der Waals surface area contributed by atoms with E-state index in [0.717, 1.165) is 16.6 Å². The first-order chi connectivity index (χ1) is 8.43. The molecule has 0 radical (unpaired) electrons. The van der Waals surface area contributed by atoms with Crippen molar-refractivity contribution in [3.8, 4) is 12.0 Å². The predicted molar refractivity (Wildman–Crippen MR) is 68.5 cm³/mol. The first kappa shape index (κ1) is 9.68. The van der Waals surface area contributed by atoms with Gasteiger partial charge >= 0.3 is 0 Å². The number of nitrogens with zero attached hydrogens (tertiary/aromatic N) is 2. The molecule has 0 unspecified atom stereocenters. The second-order valence-electron chi connectivity index (χ2n) is 3.71. The molecule has 3 aromatic rings. The molecule has 0 saturated heterocycles. The van der Waals surface area contributed by atoms with Crippen molar-refractivity contribution in [2.75, 3.05) is 0 Å². The molecule has 2 nitrogen and oxygen atoms in total. The molecule has 0 fully saturated rings. The molecule has 0 bridgehead atoms. The predicted octanol–water partition coefficient (Wildman–Crippen LogP) is 2.89. The van der Waals surface area contributed by atoms with Crippen molar-refractivity contribution >= 4 is 11.0 Å². The third-order valence-corrected chi connectivity index (χ3v) is 2.55. The zero-order valence-corrected chi connectivity index (χ0v) is 9.17. The fourth-order valence-corrected chi connectivity index (χ4v) is 1.69. The van der Waals surface area contributed by atoms with Gasteiger partial charge in [0.25, 0.3) is 0 Å². The Morgan fingerprint density at radius 2 is 1.65 bits per heavy atom. The first-order valence-corrected chi connectivity index (χ1v) is 5.43. The van der Waals surface area contributed by atoms with Crippen molar-refractivity contribution in [1.82, 2.24) is 9.55 Å². The van der Waals surface area contributed by atoms with Crippen LogP contribution in [-0.2, 0) is 0 Å². The molecule has 0 atom stereocenters. The highest BCUT2D eigenvalue weighted by Gasteiger charge is 1.97. The normalized spacial score (nSPS) is 9.88. The molecule has 80 valence electrons. The van der Waals surface area contributed by atoms with E-state index in [9.17, 15) is 0 Å². The third kappa shape index (κ3) is 1.91. The zero-order chi connectivity index (χ0) is 11.5. The maximum atomic E-state index is 4.29. The number of hydrogen-bond acceptors (Lipinski definition) is 1. The Morgan fingerprint density at radius 1 is 0.882 bits per heavy atom. The highest BCUT2D eigenvalue weighted by atomic mass is 15.0. The maximum Gasteiger partial charge on any atom is 0.108 e. The van der Waals surface area contributed by atoms with Crippen LogP contribution >= 0.6 is 0 Å². The number of benzene rings is 2. The summed E-state index contributed by atoms with van der Waals surface area (Å²) in [5.74, 6) is 3.11. The lowest BCUT2D eigenvalue weighted by Gasteiger charge is -1.91. The van der Waals surface area contributed by atoms with Crippen LogP contribution < -0.4 is 0 Å². The van der Waals surface area contributed by atoms with E-state index in [-0.39, 0.29) is 0 Å². The molecule has 0 spiro atoms. The SMILES string of the molecule is C(#Cn1cnc2ccccc21)c1ccccc1. The van der Waals surface area contributed by atoms with Gasteiger partial charge < -0.3 is 0 Å². The third-order valence-electron chi connectivity index (χ3n) is 2.55. The number of fused-ring (bicyclic) bond motifs is 1. The minimum atomic E-state index is 0.967. The lowest BCUT2D eigenvalue weighted by molar-refractivity contribution is 1.15. The van der Waals surface area contributed by atoms with Gasteiger partial charge in [-0.05, 0) is 30.2 Å². The topological polar surface area (TPSA) is 17.8 Å². The molecule has 1 aromatic heterocycles. The summed E-state index contributed by atoms with van der Waals surface area (Å²) in [6.45, 7) is 0. The van der Waals surface area contributed by atoms with Crippen LogP contribution in [-0.4, -0.2) is 9.55 Å². The summed E-state index contributed by atoms with van der Waals surface area (Å²) in [7, 11) is 0. The highest BCUT2D eigenvalue weighted by molar-refractivity contribution is 5.76. The van der Waals surface area contributed by atoms with Gasteiger partial charge in [0.2, 0.25) is 0 Å². The summed E-state index contributed by atoms with van der Waals surface area (Å²) in [5, 5.41) is 0. The minimum absolute atomic E-state index is 0.967. The Bertz CT molecular complexity index is 700.